The Morgan fingerprint density at radius 3 is 2.56 bits per heavy atom. The van der Waals surface area contributed by atoms with Crippen molar-refractivity contribution in [2.24, 2.45) is 0 Å². The minimum Gasteiger partial charge on any atom is -0.494 e. The van der Waals surface area contributed by atoms with Crippen LogP contribution in [0, 0.1) is 0 Å². The highest BCUT2D eigenvalue weighted by molar-refractivity contribution is 7.92. The summed E-state index contributed by atoms with van der Waals surface area (Å²) in [6.45, 7) is 3.66. The lowest BCUT2D eigenvalue weighted by Gasteiger charge is -2.32. The molecule has 168 valence electrons. The molecule has 32 heavy (non-hydrogen) atoms. The number of benzene rings is 2. The maximum atomic E-state index is 13.0. The molecular weight excluding hydrogens is 428 g/mol. The van der Waals surface area contributed by atoms with Crippen molar-refractivity contribution in [1.82, 2.24) is 14.5 Å². The summed E-state index contributed by atoms with van der Waals surface area (Å²) in [6.07, 6.45) is 7.22. The maximum absolute atomic E-state index is 13.0. The summed E-state index contributed by atoms with van der Waals surface area (Å²) in [6, 6.07) is 13.2. The number of sulfonamides is 1. The molecule has 0 spiro atoms. The number of hydrogen-bond acceptors (Lipinski definition) is 5. The fourth-order valence-electron chi connectivity index (χ4n) is 3.85. The fraction of sp³-hybridized carbons (Fsp3) is 0.304. The first-order valence-electron chi connectivity index (χ1n) is 10.6. The van der Waals surface area contributed by atoms with Crippen molar-refractivity contribution in [3.05, 3.63) is 72.8 Å². The quantitative estimate of drug-likeness (QED) is 0.589. The van der Waals surface area contributed by atoms with Crippen molar-refractivity contribution in [2.45, 2.75) is 30.7 Å². The molecule has 8 nitrogen and oxygen atoms in total. The Hall–Kier alpha value is -3.33. The van der Waals surface area contributed by atoms with Gasteiger partial charge in [-0.2, -0.15) is 0 Å². The molecule has 1 aromatic heterocycles. The number of piperidine rings is 1. The third kappa shape index (κ3) is 4.94. The SMILES string of the molecule is CCOc1ccc(S(=O)(=O)Nc2cccc(C(=O)N3CCC(n4ccnc4)CC3)c2)cc1. The van der Waals surface area contributed by atoms with E-state index in [1.807, 2.05) is 24.3 Å². The number of aromatic nitrogens is 2. The molecule has 9 heteroatoms. The molecule has 1 saturated heterocycles. The van der Waals surface area contributed by atoms with Gasteiger partial charge in [0.1, 0.15) is 5.75 Å². The van der Waals surface area contributed by atoms with Gasteiger partial charge in [-0.15, -0.1) is 0 Å². The zero-order valence-corrected chi connectivity index (χ0v) is 18.7. The van der Waals surface area contributed by atoms with Crippen LogP contribution in [0.4, 0.5) is 5.69 Å². The molecule has 4 rings (SSSR count). The molecule has 2 heterocycles. The number of nitrogens with zero attached hydrogens (tertiary/aromatic N) is 3. The van der Waals surface area contributed by atoms with Gasteiger partial charge in [0.15, 0.2) is 0 Å². The van der Waals surface area contributed by atoms with Crippen molar-refractivity contribution < 1.29 is 17.9 Å². The predicted octanol–water partition coefficient (Wildman–Crippen LogP) is 3.56. The normalized spacial score (nSPS) is 14.8. The minimum absolute atomic E-state index is 0.101. The third-order valence-corrected chi connectivity index (χ3v) is 6.90. The molecule has 0 aliphatic carbocycles. The topological polar surface area (TPSA) is 93.5 Å². The molecule has 0 saturated carbocycles. The van der Waals surface area contributed by atoms with Crippen LogP contribution in [0.2, 0.25) is 0 Å². The van der Waals surface area contributed by atoms with E-state index in [0.717, 1.165) is 12.8 Å². The van der Waals surface area contributed by atoms with Gasteiger partial charge in [-0.25, -0.2) is 13.4 Å². The molecule has 0 unspecified atom stereocenters. The summed E-state index contributed by atoms with van der Waals surface area (Å²) < 4.78 is 35.5. The number of imidazole rings is 1. The second kappa shape index (κ2) is 9.44. The number of carbonyl (C=O) groups excluding carboxylic acids is 1. The second-order valence-corrected chi connectivity index (χ2v) is 9.31. The van der Waals surface area contributed by atoms with E-state index in [1.165, 1.54) is 12.1 Å². The Bertz CT molecular complexity index is 1150. The van der Waals surface area contributed by atoms with E-state index in [-0.39, 0.29) is 10.8 Å². The third-order valence-electron chi connectivity index (χ3n) is 5.50. The first-order chi connectivity index (χ1) is 15.5. The Morgan fingerprint density at radius 2 is 1.91 bits per heavy atom. The molecule has 1 N–H and O–H groups in total. The molecule has 0 bridgehead atoms. The van der Waals surface area contributed by atoms with Gasteiger partial charge >= 0.3 is 0 Å². The van der Waals surface area contributed by atoms with Gasteiger partial charge in [-0.05, 0) is 62.2 Å². The van der Waals surface area contributed by atoms with E-state index in [9.17, 15) is 13.2 Å². The van der Waals surface area contributed by atoms with Gasteiger partial charge in [-0.1, -0.05) is 6.07 Å². The number of amides is 1. The molecule has 0 radical (unpaired) electrons. The number of nitrogens with one attached hydrogen (secondary N) is 1. The molecule has 2 aromatic carbocycles. The van der Waals surface area contributed by atoms with Crippen LogP contribution in [0.5, 0.6) is 5.75 Å². The summed E-state index contributed by atoms with van der Waals surface area (Å²) in [5, 5.41) is 0. The van der Waals surface area contributed by atoms with Gasteiger partial charge in [0.2, 0.25) is 0 Å². The van der Waals surface area contributed by atoms with Crippen molar-refractivity contribution in [1.29, 1.82) is 0 Å². The van der Waals surface area contributed by atoms with Crippen molar-refractivity contribution in [3.8, 4) is 5.75 Å². The number of hydrogen-bond donors (Lipinski definition) is 1. The Balaban J connectivity index is 1.42. The maximum Gasteiger partial charge on any atom is 0.261 e. The van der Waals surface area contributed by atoms with Crippen LogP contribution in [0.3, 0.4) is 0 Å². The average molecular weight is 455 g/mol. The summed E-state index contributed by atoms with van der Waals surface area (Å²) in [5.74, 6) is 0.507. The van der Waals surface area contributed by atoms with E-state index in [1.54, 1.807) is 42.6 Å². The van der Waals surface area contributed by atoms with E-state index >= 15 is 0 Å². The molecule has 1 fully saturated rings. The molecule has 1 amide bonds. The monoisotopic (exact) mass is 454 g/mol. The van der Waals surface area contributed by atoms with Crippen LogP contribution >= 0.6 is 0 Å². The first kappa shape index (κ1) is 21.9. The van der Waals surface area contributed by atoms with E-state index in [0.29, 0.717) is 42.7 Å². The zero-order chi connectivity index (χ0) is 22.6. The summed E-state index contributed by atoms with van der Waals surface area (Å²) in [5.41, 5.74) is 0.802. The van der Waals surface area contributed by atoms with Crippen molar-refractivity contribution >= 4 is 21.6 Å². The van der Waals surface area contributed by atoms with Crippen LogP contribution in [0.15, 0.2) is 72.1 Å². The lowest BCUT2D eigenvalue weighted by molar-refractivity contribution is 0.0694. The van der Waals surface area contributed by atoms with Crippen LogP contribution in [0.1, 0.15) is 36.2 Å². The molecule has 1 aliphatic rings. The van der Waals surface area contributed by atoms with Gasteiger partial charge in [-0.3, -0.25) is 9.52 Å². The number of rotatable bonds is 7. The summed E-state index contributed by atoms with van der Waals surface area (Å²) in [4.78, 5) is 19.0. The van der Waals surface area contributed by atoms with Gasteiger partial charge in [0.05, 0.1) is 17.8 Å². The summed E-state index contributed by atoms with van der Waals surface area (Å²) >= 11 is 0. The van der Waals surface area contributed by atoms with E-state index in [2.05, 4.69) is 14.3 Å². The molecular formula is C23H26N4O4S. The van der Waals surface area contributed by atoms with Crippen LogP contribution in [0.25, 0.3) is 0 Å². The number of likely N-dealkylation sites (tertiary alicyclic amines) is 1. The minimum atomic E-state index is -3.78. The zero-order valence-electron chi connectivity index (χ0n) is 17.8. The Kier molecular flexibility index (Phi) is 6.45. The highest BCUT2D eigenvalue weighted by Crippen LogP contribution is 2.25. The van der Waals surface area contributed by atoms with Crippen molar-refractivity contribution in [2.75, 3.05) is 24.4 Å². The highest BCUT2D eigenvalue weighted by Gasteiger charge is 2.25. The number of carbonyl (C=O) groups is 1. The largest absolute Gasteiger partial charge is 0.494 e. The average Bonchev–Trinajstić information content (AvgIpc) is 3.34. The Labute approximate surface area is 187 Å². The molecule has 0 atom stereocenters. The highest BCUT2D eigenvalue weighted by atomic mass is 32.2. The summed E-state index contributed by atoms with van der Waals surface area (Å²) in [7, 11) is -3.78. The second-order valence-electron chi connectivity index (χ2n) is 7.62. The van der Waals surface area contributed by atoms with E-state index < -0.39 is 10.0 Å². The van der Waals surface area contributed by atoms with Crippen molar-refractivity contribution in [3.63, 3.8) is 0 Å². The Morgan fingerprint density at radius 1 is 1.16 bits per heavy atom. The fourth-order valence-corrected chi connectivity index (χ4v) is 4.90. The molecule has 3 aromatic rings. The number of anilines is 1. The lowest BCUT2D eigenvalue weighted by Crippen LogP contribution is -2.38. The van der Waals surface area contributed by atoms with Gasteiger partial charge in [0, 0.05) is 42.8 Å². The predicted molar refractivity (Wildman–Crippen MR) is 121 cm³/mol. The first-order valence-corrected chi connectivity index (χ1v) is 12.1. The van der Waals surface area contributed by atoms with E-state index in [4.69, 9.17) is 4.74 Å². The lowest BCUT2D eigenvalue weighted by atomic mass is 10.0. The number of ether oxygens (including phenoxy) is 1. The van der Waals surface area contributed by atoms with Gasteiger partial charge in [0.25, 0.3) is 15.9 Å². The van der Waals surface area contributed by atoms with Crippen LogP contribution < -0.4 is 9.46 Å². The van der Waals surface area contributed by atoms with Crippen LogP contribution in [-0.4, -0.2) is 48.5 Å². The molecule has 1 aliphatic heterocycles. The van der Waals surface area contributed by atoms with Crippen LogP contribution in [-0.2, 0) is 10.0 Å². The van der Waals surface area contributed by atoms with Gasteiger partial charge < -0.3 is 14.2 Å². The smallest absolute Gasteiger partial charge is 0.261 e. The standard InChI is InChI=1S/C23H26N4O4S/c1-2-31-21-6-8-22(9-7-21)32(29,30)25-19-5-3-4-18(16-19)23(28)26-13-10-20(11-14-26)27-15-12-24-17-27/h3-9,12,15-17,20,25H,2,10-11,13-14H2,1H3.